The van der Waals surface area contributed by atoms with Gasteiger partial charge in [-0.25, -0.2) is 9.78 Å². The Labute approximate surface area is 200 Å². The molecule has 0 bridgehead atoms. The maximum absolute atomic E-state index is 12.7. The number of hydrogen-bond acceptors (Lipinski definition) is 6. The van der Waals surface area contributed by atoms with E-state index in [1.54, 1.807) is 13.3 Å². The molecule has 1 amide bonds. The quantitative estimate of drug-likeness (QED) is 0.414. The standard InChI is InChI=1S/C26H34N4O4/c1-16(2)11-12-30-24(26(32)34-6)23(29-18(4)31)21-14-20(15-27-25(21)30)28-17(3)13-19-9-7-8-10-22(19)33-5/h7-10,14-17,28H,11-13H2,1-6H3,(H,29,31). The van der Waals surface area contributed by atoms with E-state index in [-0.39, 0.29) is 11.9 Å². The third kappa shape index (κ3) is 5.68. The number of hydrogen-bond donors (Lipinski definition) is 2. The maximum atomic E-state index is 12.7. The highest BCUT2D eigenvalue weighted by Crippen LogP contribution is 2.33. The molecule has 1 unspecified atom stereocenters. The molecule has 8 nitrogen and oxygen atoms in total. The Balaban J connectivity index is 2.00. The predicted molar refractivity (Wildman–Crippen MR) is 135 cm³/mol. The number of methoxy groups -OCH3 is 2. The Kier molecular flexibility index (Phi) is 8.15. The number of rotatable bonds is 10. The van der Waals surface area contributed by atoms with E-state index in [0.717, 1.165) is 29.8 Å². The number of benzene rings is 1. The van der Waals surface area contributed by atoms with E-state index in [1.165, 1.54) is 14.0 Å². The van der Waals surface area contributed by atoms with Crippen LogP contribution in [0.2, 0.25) is 0 Å². The molecular weight excluding hydrogens is 432 g/mol. The fourth-order valence-electron chi connectivity index (χ4n) is 4.06. The minimum absolute atomic E-state index is 0.0860. The highest BCUT2D eigenvalue weighted by molar-refractivity contribution is 6.10. The highest BCUT2D eigenvalue weighted by Gasteiger charge is 2.25. The molecule has 0 radical (unpaired) electrons. The lowest BCUT2D eigenvalue weighted by atomic mass is 10.1. The molecule has 0 spiro atoms. The Bertz CT molecular complexity index is 1170. The normalized spacial score (nSPS) is 12.0. The smallest absolute Gasteiger partial charge is 0.356 e. The summed E-state index contributed by atoms with van der Waals surface area (Å²) >= 11 is 0. The number of carbonyl (C=O) groups is 2. The number of anilines is 2. The lowest BCUT2D eigenvalue weighted by molar-refractivity contribution is -0.114. The molecule has 34 heavy (non-hydrogen) atoms. The SMILES string of the molecule is COC(=O)c1c(NC(C)=O)c2cc(NC(C)Cc3ccccc3OC)cnc2n1CCC(C)C. The Morgan fingerprint density at radius 2 is 1.88 bits per heavy atom. The first-order valence-electron chi connectivity index (χ1n) is 11.5. The van der Waals surface area contributed by atoms with Gasteiger partial charge in [-0.05, 0) is 43.4 Å². The van der Waals surface area contributed by atoms with Crippen molar-refractivity contribution in [3.8, 4) is 5.75 Å². The van der Waals surface area contributed by atoms with Gasteiger partial charge >= 0.3 is 5.97 Å². The van der Waals surface area contributed by atoms with Crippen molar-refractivity contribution in [1.82, 2.24) is 9.55 Å². The molecule has 3 aromatic rings. The van der Waals surface area contributed by atoms with Crippen molar-refractivity contribution in [3.05, 3.63) is 47.8 Å². The molecule has 2 heterocycles. The van der Waals surface area contributed by atoms with Gasteiger partial charge in [-0.2, -0.15) is 0 Å². The van der Waals surface area contributed by atoms with Crippen LogP contribution in [0.15, 0.2) is 36.5 Å². The molecule has 182 valence electrons. The number of aromatic nitrogens is 2. The van der Waals surface area contributed by atoms with Gasteiger partial charge in [0.05, 0.1) is 31.8 Å². The molecule has 2 aromatic heterocycles. The topological polar surface area (TPSA) is 94.5 Å². The molecule has 8 heteroatoms. The molecule has 1 aromatic carbocycles. The average molecular weight is 467 g/mol. The summed E-state index contributed by atoms with van der Waals surface area (Å²) in [6.45, 7) is 8.33. The molecule has 0 saturated heterocycles. The van der Waals surface area contributed by atoms with Crippen LogP contribution in [0.25, 0.3) is 11.0 Å². The molecule has 0 aliphatic rings. The van der Waals surface area contributed by atoms with Crippen molar-refractivity contribution in [2.45, 2.75) is 53.1 Å². The van der Waals surface area contributed by atoms with Crippen LogP contribution in [0.5, 0.6) is 5.75 Å². The number of carbonyl (C=O) groups excluding carboxylic acids is 2. The van der Waals surface area contributed by atoms with Crippen LogP contribution in [0, 0.1) is 5.92 Å². The van der Waals surface area contributed by atoms with Crippen molar-refractivity contribution < 1.29 is 19.1 Å². The van der Waals surface area contributed by atoms with E-state index >= 15 is 0 Å². The minimum atomic E-state index is -0.510. The number of nitrogens with zero attached hydrogens (tertiary/aromatic N) is 2. The van der Waals surface area contributed by atoms with Crippen LogP contribution in [0.3, 0.4) is 0 Å². The van der Waals surface area contributed by atoms with E-state index in [1.807, 2.05) is 34.9 Å². The molecular formula is C26H34N4O4. The van der Waals surface area contributed by atoms with Crippen LogP contribution < -0.4 is 15.4 Å². The fraction of sp³-hybridized carbons (Fsp3) is 0.423. The van der Waals surface area contributed by atoms with Gasteiger partial charge in [0.2, 0.25) is 5.91 Å². The van der Waals surface area contributed by atoms with Gasteiger partial charge in [0.15, 0.2) is 5.69 Å². The van der Waals surface area contributed by atoms with E-state index in [9.17, 15) is 9.59 Å². The maximum Gasteiger partial charge on any atom is 0.356 e. The molecule has 0 fully saturated rings. The summed E-state index contributed by atoms with van der Waals surface area (Å²) < 4.78 is 12.4. The lowest BCUT2D eigenvalue weighted by Crippen LogP contribution is -2.18. The van der Waals surface area contributed by atoms with Gasteiger partial charge in [0.1, 0.15) is 11.4 Å². The average Bonchev–Trinajstić information content (AvgIpc) is 3.09. The van der Waals surface area contributed by atoms with E-state index < -0.39 is 5.97 Å². The summed E-state index contributed by atoms with van der Waals surface area (Å²) in [5.74, 6) is 0.507. The predicted octanol–water partition coefficient (Wildman–Crippen LogP) is 4.88. The van der Waals surface area contributed by atoms with Crippen molar-refractivity contribution >= 4 is 34.3 Å². The number of esters is 1. The monoisotopic (exact) mass is 466 g/mol. The minimum Gasteiger partial charge on any atom is -0.496 e. The second kappa shape index (κ2) is 11.0. The molecule has 1 atom stereocenters. The van der Waals surface area contributed by atoms with E-state index in [2.05, 4.69) is 36.4 Å². The zero-order valence-electron chi connectivity index (χ0n) is 20.8. The number of amides is 1. The third-order valence-corrected chi connectivity index (χ3v) is 5.64. The van der Waals surface area contributed by atoms with Crippen molar-refractivity contribution in [2.75, 3.05) is 24.9 Å². The second-order valence-corrected chi connectivity index (χ2v) is 8.89. The highest BCUT2D eigenvalue weighted by atomic mass is 16.5. The summed E-state index contributed by atoms with van der Waals surface area (Å²) in [4.78, 5) is 29.4. The zero-order chi connectivity index (χ0) is 24.8. The van der Waals surface area contributed by atoms with Gasteiger partial charge in [-0.1, -0.05) is 32.0 Å². The fourth-order valence-corrected chi connectivity index (χ4v) is 4.06. The summed E-state index contributed by atoms with van der Waals surface area (Å²) in [5, 5.41) is 7.00. The second-order valence-electron chi connectivity index (χ2n) is 8.89. The molecule has 3 rings (SSSR count). The number of fused-ring (bicyclic) bond motifs is 1. The van der Waals surface area contributed by atoms with Crippen molar-refractivity contribution in [3.63, 3.8) is 0 Å². The number of para-hydroxylation sites is 1. The van der Waals surface area contributed by atoms with Gasteiger partial charge in [0, 0.05) is 24.9 Å². The van der Waals surface area contributed by atoms with E-state index in [0.29, 0.717) is 34.9 Å². The molecule has 0 aliphatic carbocycles. The zero-order valence-corrected chi connectivity index (χ0v) is 20.8. The van der Waals surface area contributed by atoms with Crippen molar-refractivity contribution in [1.29, 1.82) is 0 Å². The third-order valence-electron chi connectivity index (χ3n) is 5.64. The lowest BCUT2D eigenvalue weighted by Gasteiger charge is -2.17. The number of aryl methyl sites for hydroxylation is 1. The number of pyridine rings is 1. The molecule has 0 aliphatic heterocycles. The van der Waals surface area contributed by atoms with Gasteiger partial charge in [0.25, 0.3) is 0 Å². The largest absolute Gasteiger partial charge is 0.496 e. The first-order chi connectivity index (χ1) is 16.2. The summed E-state index contributed by atoms with van der Waals surface area (Å²) in [6.07, 6.45) is 3.36. The Morgan fingerprint density at radius 1 is 1.15 bits per heavy atom. The van der Waals surface area contributed by atoms with Crippen LogP contribution in [0.4, 0.5) is 11.4 Å². The van der Waals surface area contributed by atoms with Crippen LogP contribution in [-0.4, -0.2) is 41.7 Å². The summed E-state index contributed by atoms with van der Waals surface area (Å²) in [5.41, 5.74) is 3.25. The van der Waals surface area contributed by atoms with E-state index in [4.69, 9.17) is 9.47 Å². The summed E-state index contributed by atoms with van der Waals surface area (Å²) in [6, 6.07) is 9.94. The van der Waals surface area contributed by atoms with Crippen molar-refractivity contribution in [2.24, 2.45) is 5.92 Å². The van der Waals surface area contributed by atoms with Gasteiger partial charge in [-0.3, -0.25) is 4.79 Å². The van der Waals surface area contributed by atoms with Gasteiger partial charge < -0.3 is 24.7 Å². The van der Waals surface area contributed by atoms with Gasteiger partial charge in [-0.15, -0.1) is 0 Å². The van der Waals surface area contributed by atoms with Crippen LogP contribution in [0.1, 0.15) is 50.2 Å². The number of nitrogens with one attached hydrogen (secondary N) is 2. The first-order valence-corrected chi connectivity index (χ1v) is 11.5. The molecule has 0 saturated carbocycles. The van der Waals surface area contributed by atoms with Crippen LogP contribution >= 0.6 is 0 Å². The Hall–Kier alpha value is -3.55. The Morgan fingerprint density at radius 3 is 2.53 bits per heavy atom. The summed E-state index contributed by atoms with van der Waals surface area (Å²) in [7, 11) is 3.01. The number of ether oxygens (including phenoxy) is 2. The molecule has 2 N–H and O–H groups in total. The first kappa shape index (κ1) is 25.1. The van der Waals surface area contributed by atoms with Crippen LogP contribution in [-0.2, 0) is 22.5 Å².